The van der Waals surface area contributed by atoms with E-state index in [1.54, 1.807) is 12.4 Å². The van der Waals surface area contributed by atoms with Gasteiger partial charge in [0.05, 0.1) is 6.04 Å². The van der Waals surface area contributed by atoms with Gasteiger partial charge in [-0.15, -0.1) is 0 Å². The van der Waals surface area contributed by atoms with Crippen molar-refractivity contribution in [2.24, 2.45) is 0 Å². The summed E-state index contributed by atoms with van der Waals surface area (Å²) in [5.74, 6) is 0.159. The molecule has 1 heterocycles. The van der Waals surface area contributed by atoms with E-state index in [1.807, 2.05) is 12.1 Å². The molecular formula is C19H20N2O. The van der Waals surface area contributed by atoms with E-state index in [1.165, 1.54) is 11.1 Å². The van der Waals surface area contributed by atoms with E-state index in [9.17, 15) is 4.79 Å². The van der Waals surface area contributed by atoms with Gasteiger partial charge >= 0.3 is 0 Å². The third-order valence-corrected chi connectivity index (χ3v) is 4.78. The first-order valence-corrected chi connectivity index (χ1v) is 8.15. The zero-order chi connectivity index (χ0) is 14.9. The minimum Gasteiger partial charge on any atom is -0.329 e. The van der Waals surface area contributed by atoms with Gasteiger partial charge in [-0.2, -0.15) is 0 Å². The summed E-state index contributed by atoms with van der Waals surface area (Å²) in [7, 11) is 0. The van der Waals surface area contributed by atoms with Crippen LogP contribution in [0.1, 0.15) is 53.2 Å². The topological polar surface area (TPSA) is 33.2 Å². The summed E-state index contributed by atoms with van der Waals surface area (Å²) in [6.07, 6.45) is 9.04. The van der Waals surface area contributed by atoms with Crippen molar-refractivity contribution >= 4 is 5.91 Å². The van der Waals surface area contributed by atoms with Crippen LogP contribution in [0.4, 0.5) is 0 Å². The highest BCUT2D eigenvalue weighted by molar-refractivity contribution is 5.94. The number of amides is 1. The Morgan fingerprint density at radius 2 is 1.82 bits per heavy atom. The van der Waals surface area contributed by atoms with Crippen LogP contribution < -0.4 is 0 Å². The van der Waals surface area contributed by atoms with E-state index in [0.717, 1.165) is 37.7 Å². The molecule has 0 bridgehead atoms. The van der Waals surface area contributed by atoms with E-state index in [4.69, 9.17) is 0 Å². The molecule has 3 nitrogen and oxygen atoms in total. The lowest BCUT2D eigenvalue weighted by Crippen LogP contribution is -2.38. The molecule has 1 fully saturated rings. The molecule has 0 aliphatic heterocycles. The molecule has 1 amide bonds. The highest BCUT2D eigenvalue weighted by Gasteiger charge is 2.39. The molecule has 1 aromatic heterocycles. The first-order valence-electron chi connectivity index (χ1n) is 8.15. The van der Waals surface area contributed by atoms with Gasteiger partial charge in [0, 0.05) is 24.0 Å². The third-order valence-electron chi connectivity index (χ3n) is 4.78. The van der Waals surface area contributed by atoms with Crippen molar-refractivity contribution in [3.05, 3.63) is 65.5 Å². The molecule has 0 saturated heterocycles. The maximum absolute atomic E-state index is 13.0. The van der Waals surface area contributed by atoms with Gasteiger partial charge in [0.15, 0.2) is 0 Å². The predicted octanol–water partition coefficient (Wildman–Crippen LogP) is 3.76. The maximum atomic E-state index is 13.0. The van der Waals surface area contributed by atoms with Crippen LogP contribution in [0.15, 0.2) is 48.8 Å². The van der Waals surface area contributed by atoms with Crippen LogP contribution in [0.25, 0.3) is 0 Å². The molecule has 2 aliphatic rings. The monoisotopic (exact) mass is 292 g/mol. The molecular weight excluding hydrogens is 272 g/mol. The molecule has 1 aromatic carbocycles. The number of nitrogens with zero attached hydrogens (tertiary/aromatic N) is 2. The van der Waals surface area contributed by atoms with Crippen LogP contribution in [-0.2, 0) is 6.42 Å². The highest BCUT2D eigenvalue weighted by Crippen LogP contribution is 2.41. The second-order valence-electron chi connectivity index (χ2n) is 6.29. The SMILES string of the molecule is O=C(c1ccncc1)N(C1CC1)C1CCCc2ccccc21. The summed E-state index contributed by atoms with van der Waals surface area (Å²) >= 11 is 0. The molecule has 1 saturated carbocycles. The van der Waals surface area contributed by atoms with Crippen LogP contribution in [0.3, 0.4) is 0 Å². The maximum Gasteiger partial charge on any atom is 0.254 e. The van der Waals surface area contributed by atoms with Gasteiger partial charge in [-0.3, -0.25) is 9.78 Å². The number of benzene rings is 1. The summed E-state index contributed by atoms with van der Waals surface area (Å²) in [4.78, 5) is 19.2. The van der Waals surface area contributed by atoms with Gasteiger partial charge in [0.1, 0.15) is 0 Å². The van der Waals surface area contributed by atoms with Crippen LogP contribution >= 0.6 is 0 Å². The normalized spacial score (nSPS) is 20.3. The van der Waals surface area contributed by atoms with Crippen LogP contribution in [0, 0.1) is 0 Å². The molecule has 0 N–H and O–H groups in total. The number of pyridine rings is 1. The summed E-state index contributed by atoms with van der Waals surface area (Å²) < 4.78 is 0. The quantitative estimate of drug-likeness (QED) is 0.863. The Morgan fingerprint density at radius 1 is 1.05 bits per heavy atom. The number of aryl methyl sites for hydroxylation is 1. The zero-order valence-corrected chi connectivity index (χ0v) is 12.6. The number of rotatable bonds is 3. The molecule has 1 atom stereocenters. The van der Waals surface area contributed by atoms with Crippen molar-refractivity contribution in [2.45, 2.75) is 44.2 Å². The van der Waals surface area contributed by atoms with Gasteiger partial charge < -0.3 is 4.90 Å². The molecule has 2 aromatic rings. The Kier molecular flexibility index (Phi) is 3.41. The van der Waals surface area contributed by atoms with Gasteiger partial charge in [0.2, 0.25) is 0 Å². The molecule has 2 aliphatic carbocycles. The predicted molar refractivity (Wildman–Crippen MR) is 85.5 cm³/mol. The van der Waals surface area contributed by atoms with E-state index in [0.29, 0.717) is 6.04 Å². The number of fused-ring (bicyclic) bond motifs is 1. The summed E-state index contributed by atoms with van der Waals surface area (Å²) in [5, 5.41) is 0. The number of aromatic nitrogens is 1. The molecule has 4 rings (SSSR count). The van der Waals surface area contributed by atoms with Gasteiger partial charge in [0.25, 0.3) is 5.91 Å². The first kappa shape index (κ1) is 13.5. The number of hydrogen-bond donors (Lipinski definition) is 0. The fraction of sp³-hybridized carbons (Fsp3) is 0.368. The Bertz CT molecular complexity index is 679. The lowest BCUT2D eigenvalue weighted by molar-refractivity contribution is 0.0638. The van der Waals surface area contributed by atoms with E-state index in [-0.39, 0.29) is 11.9 Å². The van der Waals surface area contributed by atoms with Gasteiger partial charge in [-0.05, 0) is 55.4 Å². The van der Waals surface area contributed by atoms with Crippen molar-refractivity contribution in [3.63, 3.8) is 0 Å². The molecule has 1 unspecified atom stereocenters. The van der Waals surface area contributed by atoms with E-state index in [2.05, 4.69) is 34.1 Å². The standard InChI is InChI=1S/C19H20N2O/c22-19(15-10-12-20-13-11-15)21(16-8-9-16)18-7-3-5-14-4-1-2-6-17(14)18/h1-2,4,6,10-13,16,18H,3,5,7-9H2. The number of carbonyl (C=O) groups is 1. The molecule has 22 heavy (non-hydrogen) atoms. The second-order valence-corrected chi connectivity index (χ2v) is 6.29. The summed E-state index contributed by atoms with van der Waals surface area (Å²) in [6.45, 7) is 0. The van der Waals surface area contributed by atoms with E-state index >= 15 is 0 Å². The molecule has 0 radical (unpaired) electrons. The zero-order valence-electron chi connectivity index (χ0n) is 12.6. The number of hydrogen-bond acceptors (Lipinski definition) is 2. The van der Waals surface area contributed by atoms with Crippen molar-refractivity contribution in [3.8, 4) is 0 Å². The number of carbonyl (C=O) groups excluding carboxylic acids is 1. The van der Waals surface area contributed by atoms with Crippen molar-refractivity contribution in [2.75, 3.05) is 0 Å². The van der Waals surface area contributed by atoms with Gasteiger partial charge in [-0.25, -0.2) is 0 Å². The lowest BCUT2D eigenvalue weighted by atomic mass is 9.86. The van der Waals surface area contributed by atoms with E-state index < -0.39 is 0 Å². The Balaban J connectivity index is 1.71. The molecule has 0 spiro atoms. The lowest BCUT2D eigenvalue weighted by Gasteiger charge is -2.36. The smallest absolute Gasteiger partial charge is 0.254 e. The second kappa shape index (κ2) is 5.56. The van der Waals surface area contributed by atoms with Crippen molar-refractivity contribution in [1.29, 1.82) is 0 Å². The highest BCUT2D eigenvalue weighted by atomic mass is 16.2. The Labute approximate surface area is 131 Å². The fourth-order valence-electron chi connectivity index (χ4n) is 3.58. The summed E-state index contributed by atoms with van der Waals surface area (Å²) in [6, 6.07) is 12.9. The minimum absolute atomic E-state index is 0.159. The fourth-order valence-corrected chi connectivity index (χ4v) is 3.58. The van der Waals surface area contributed by atoms with Crippen LogP contribution in [0.5, 0.6) is 0 Å². The average molecular weight is 292 g/mol. The first-order chi connectivity index (χ1) is 10.8. The third kappa shape index (κ3) is 2.41. The largest absolute Gasteiger partial charge is 0.329 e. The summed E-state index contributed by atoms with van der Waals surface area (Å²) in [5.41, 5.74) is 3.51. The van der Waals surface area contributed by atoms with Crippen LogP contribution in [-0.4, -0.2) is 21.8 Å². The minimum atomic E-state index is 0.159. The molecule has 112 valence electrons. The molecule has 3 heteroatoms. The Hall–Kier alpha value is -2.16. The van der Waals surface area contributed by atoms with Crippen LogP contribution in [0.2, 0.25) is 0 Å². The van der Waals surface area contributed by atoms with Crippen molar-refractivity contribution < 1.29 is 4.79 Å². The van der Waals surface area contributed by atoms with Crippen molar-refractivity contribution in [1.82, 2.24) is 9.88 Å². The average Bonchev–Trinajstić information content (AvgIpc) is 3.41. The van der Waals surface area contributed by atoms with Gasteiger partial charge in [-0.1, -0.05) is 24.3 Å². The Morgan fingerprint density at radius 3 is 2.59 bits per heavy atom.